The normalized spacial score (nSPS) is 14.6. The molecule has 8 rings (SSSR count). The minimum absolute atomic E-state index is 0.0913. The lowest BCUT2D eigenvalue weighted by molar-refractivity contribution is -0.137. The van der Waals surface area contributed by atoms with Gasteiger partial charge in [0.05, 0.1) is 11.3 Å². The number of halogens is 1. The van der Waals surface area contributed by atoms with E-state index in [1.54, 1.807) is 0 Å². The molecule has 236 valence electrons. The van der Waals surface area contributed by atoms with E-state index >= 15 is 0 Å². The fraction of sp³-hybridized carbons (Fsp3) is 0.154. The third kappa shape index (κ3) is 6.10. The number of hydrogen-bond acceptors (Lipinski definition) is 3. The highest BCUT2D eigenvalue weighted by Crippen LogP contribution is 2.34. The second-order valence-electron chi connectivity index (χ2n) is 11.9. The minimum Gasteiger partial charge on any atom is -0.481 e. The maximum atomic E-state index is 13.1. The van der Waals surface area contributed by atoms with Crippen LogP contribution in [0.2, 0.25) is 0 Å². The van der Waals surface area contributed by atoms with Gasteiger partial charge in [-0.3, -0.25) is 4.79 Å². The number of benzene rings is 6. The average molecular weight is 645 g/mol. The van der Waals surface area contributed by atoms with E-state index < -0.39 is 21.8 Å². The van der Waals surface area contributed by atoms with Gasteiger partial charge in [-0.1, -0.05) is 84.9 Å². The molecule has 1 heterocycles. The Labute approximate surface area is 272 Å². The first-order chi connectivity index (χ1) is 22.8. The van der Waals surface area contributed by atoms with Crippen LogP contribution in [0.15, 0.2) is 126 Å². The Kier molecular flexibility index (Phi) is 8.22. The van der Waals surface area contributed by atoms with Crippen molar-refractivity contribution in [3.63, 3.8) is 0 Å². The largest absolute Gasteiger partial charge is 0.481 e. The van der Waals surface area contributed by atoms with Gasteiger partial charge in [0.2, 0.25) is 10.0 Å². The topological polar surface area (TPSA) is 88.4 Å². The van der Waals surface area contributed by atoms with Gasteiger partial charge in [-0.25, -0.2) is 17.5 Å². The zero-order valence-electron chi connectivity index (χ0n) is 25.6. The Hall–Kier alpha value is -5.05. The van der Waals surface area contributed by atoms with Gasteiger partial charge in [0.1, 0.15) is 5.82 Å². The molecule has 0 fully saturated rings. The Morgan fingerprint density at radius 1 is 0.745 bits per heavy atom. The van der Waals surface area contributed by atoms with Crippen molar-refractivity contribution in [1.82, 2.24) is 9.29 Å². The van der Waals surface area contributed by atoms with Gasteiger partial charge in [-0.05, 0) is 88.3 Å². The quantitative estimate of drug-likeness (QED) is 0.179. The molecule has 8 heteroatoms. The lowest BCUT2D eigenvalue weighted by atomic mass is 9.84. The molecule has 7 aromatic rings. The summed E-state index contributed by atoms with van der Waals surface area (Å²) in [6, 6.07) is 37.9. The van der Waals surface area contributed by atoms with Crippen molar-refractivity contribution in [2.45, 2.75) is 43.2 Å². The molecule has 0 saturated carbocycles. The van der Waals surface area contributed by atoms with Crippen LogP contribution in [-0.4, -0.2) is 30.1 Å². The highest BCUT2D eigenvalue weighted by atomic mass is 32.2. The summed E-state index contributed by atoms with van der Waals surface area (Å²) in [5.74, 6) is -1.22. The van der Waals surface area contributed by atoms with E-state index in [0.717, 1.165) is 23.9 Å². The van der Waals surface area contributed by atoms with E-state index in [-0.39, 0.29) is 17.4 Å². The van der Waals surface area contributed by atoms with Crippen molar-refractivity contribution in [2.24, 2.45) is 0 Å². The standard InChI is InChI=1S/C24H20FNO2S.C15H13NO2/c25-18-8-11-20(12-9-18)29(27,28)26-19-10-5-17-7-13-22-21-4-2-1-3-16(21)6-14-23(22)24(17)15-19;17-15(18)9-10-16-13-7-3-1-5-11(13)12-6-2-4-8-14(12)16/h1-4,6-9,11-14,19,26H,5,10,15H2;1-8H,9-10H2,(H,17,18)/t19-;/m1./s1. The maximum absolute atomic E-state index is 13.1. The summed E-state index contributed by atoms with van der Waals surface area (Å²) in [4.78, 5) is 10.8. The number of aromatic nitrogens is 1. The van der Waals surface area contributed by atoms with Crippen LogP contribution in [0.25, 0.3) is 43.4 Å². The number of nitrogens with zero attached hydrogens (tertiary/aromatic N) is 1. The number of aliphatic carboxylic acids is 1. The van der Waals surface area contributed by atoms with Gasteiger partial charge in [0, 0.05) is 34.4 Å². The van der Waals surface area contributed by atoms with E-state index in [0.29, 0.717) is 13.0 Å². The first-order valence-electron chi connectivity index (χ1n) is 15.7. The lowest BCUT2D eigenvalue weighted by Gasteiger charge is -2.27. The molecule has 1 aromatic heterocycles. The van der Waals surface area contributed by atoms with Crippen LogP contribution in [0.5, 0.6) is 0 Å². The first-order valence-corrected chi connectivity index (χ1v) is 17.1. The van der Waals surface area contributed by atoms with E-state index in [4.69, 9.17) is 5.11 Å². The summed E-state index contributed by atoms with van der Waals surface area (Å²) in [7, 11) is -3.68. The summed E-state index contributed by atoms with van der Waals surface area (Å²) in [6.45, 7) is 0.503. The molecular weight excluding hydrogens is 612 g/mol. The number of rotatable bonds is 6. The molecule has 47 heavy (non-hydrogen) atoms. The van der Waals surface area contributed by atoms with Gasteiger partial charge in [-0.15, -0.1) is 0 Å². The number of carboxylic acids is 1. The van der Waals surface area contributed by atoms with E-state index in [2.05, 4.69) is 57.8 Å². The molecule has 1 aliphatic carbocycles. The van der Waals surface area contributed by atoms with Gasteiger partial charge in [0.15, 0.2) is 0 Å². The summed E-state index contributed by atoms with van der Waals surface area (Å²) in [6.07, 6.45) is 2.36. The Morgan fingerprint density at radius 3 is 2.04 bits per heavy atom. The predicted molar refractivity (Wildman–Crippen MR) is 186 cm³/mol. The molecule has 0 amide bonds. The molecular formula is C39H33FN2O4S. The van der Waals surface area contributed by atoms with Gasteiger partial charge in [-0.2, -0.15) is 0 Å². The fourth-order valence-electron chi connectivity index (χ4n) is 6.80. The number of carboxylic acid groups (broad SMARTS) is 1. The molecule has 1 atom stereocenters. The molecule has 2 N–H and O–H groups in total. The third-order valence-corrected chi connectivity index (χ3v) is 10.6. The van der Waals surface area contributed by atoms with E-state index in [1.807, 2.05) is 48.5 Å². The van der Waals surface area contributed by atoms with Crippen molar-refractivity contribution in [2.75, 3.05) is 0 Å². The Bertz CT molecular complexity index is 2330. The van der Waals surface area contributed by atoms with Crippen LogP contribution in [0, 0.1) is 5.82 Å². The van der Waals surface area contributed by atoms with Gasteiger partial charge < -0.3 is 9.67 Å². The number of sulfonamides is 1. The first kappa shape index (κ1) is 30.6. The monoisotopic (exact) mass is 644 g/mol. The molecule has 0 saturated heterocycles. The number of nitrogens with one attached hydrogen (secondary N) is 1. The lowest BCUT2D eigenvalue weighted by Crippen LogP contribution is -2.38. The highest BCUT2D eigenvalue weighted by molar-refractivity contribution is 7.89. The minimum atomic E-state index is -3.68. The zero-order valence-corrected chi connectivity index (χ0v) is 26.4. The van der Waals surface area contributed by atoms with Gasteiger partial charge >= 0.3 is 5.97 Å². The van der Waals surface area contributed by atoms with Crippen LogP contribution in [-0.2, 0) is 34.2 Å². The maximum Gasteiger partial charge on any atom is 0.305 e. The molecule has 0 bridgehead atoms. The fourth-order valence-corrected chi connectivity index (χ4v) is 8.07. The number of para-hydroxylation sites is 2. The predicted octanol–water partition coefficient (Wildman–Crippen LogP) is 8.24. The Balaban J connectivity index is 0.000000167. The molecule has 1 aliphatic rings. The second-order valence-corrected chi connectivity index (χ2v) is 13.6. The van der Waals surface area contributed by atoms with Crippen molar-refractivity contribution in [1.29, 1.82) is 0 Å². The summed E-state index contributed by atoms with van der Waals surface area (Å²) < 4.78 is 43.5. The summed E-state index contributed by atoms with van der Waals surface area (Å²) in [5.41, 5.74) is 4.69. The van der Waals surface area contributed by atoms with Crippen LogP contribution < -0.4 is 4.72 Å². The Morgan fingerprint density at radius 2 is 1.36 bits per heavy atom. The van der Waals surface area contributed by atoms with Gasteiger partial charge in [0.25, 0.3) is 0 Å². The average Bonchev–Trinajstić information content (AvgIpc) is 3.41. The van der Waals surface area contributed by atoms with Crippen LogP contribution in [0.4, 0.5) is 4.39 Å². The van der Waals surface area contributed by atoms with E-state index in [9.17, 15) is 17.6 Å². The van der Waals surface area contributed by atoms with Crippen molar-refractivity contribution >= 4 is 59.3 Å². The number of fused-ring (bicyclic) bond motifs is 8. The summed E-state index contributed by atoms with van der Waals surface area (Å²) in [5, 5.41) is 16.0. The van der Waals surface area contributed by atoms with Crippen LogP contribution >= 0.6 is 0 Å². The molecule has 0 aliphatic heterocycles. The zero-order chi connectivity index (χ0) is 32.5. The van der Waals surface area contributed by atoms with E-state index in [1.165, 1.54) is 67.7 Å². The molecule has 6 nitrogen and oxygen atoms in total. The van der Waals surface area contributed by atoms with Crippen LogP contribution in [0.1, 0.15) is 24.0 Å². The molecule has 0 spiro atoms. The number of carbonyl (C=O) groups is 1. The summed E-state index contributed by atoms with van der Waals surface area (Å²) >= 11 is 0. The SMILES string of the molecule is O=C(O)CCn1c2ccccc2c2ccccc21.O=S(=O)(N[C@@H]1CCc2ccc3c(ccc4ccccc43)c2C1)c1ccc(F)cc1. The molecule has 0 unspecified atom stereocenters. The van der Waals surface area contributed by atoms with Crippen molar-refractivity contribution in [3.05, 3.63) is 138 Å². The van der Waals surface area contributed by atoms with Crippen molar-refractivity contribution < 1.29 is 22.7 Å². The van der Waals surface area contributed by atoms with Crippen molar-refractivity contribution in [3.8, 4) is 0 Å². The number of hydrogen-bond donors (Lipinski definition) is 2. The molecule has 0 radical (unpaired) electrons. The third-order valence-electron chi connectivity index (χ3n) is 9.02. The number of aryl methyl sites for hydroxylation is 2. The van der Waals surface area contributed by atoms with Crippen LogP contribution in [0.3, 0.4) is 0 Å². The highest BCUT2D eigenvalue weighted by Gasteiger charge is 2.26. The smallest absolute Gasteiger partial charge is 0.305 e. The molecule has 6 aromatic carbocycles. The second kappa shape index (κ2) is 12.6.